The Morgan fingerprint density at radius 1 is 1.44 bits per heavy atom. The Morgan fingerprint density at radius 3 is 2.88 bits per heavy atom. The lowest BCUT2D eigenvalue weighted by Crippen LogP contribution is -2.23. The molecule has 0 saturated heterocycles. The van der Waals surface area contributed by atoms with Gasteiger partial charge in [-0.1, -0.05) is 24.5 Å². The maximum atomic E-state index is 10.0. The zero-order chi connectivity index (χ0) is 11.5. The van der Waals surface area contributed by atoms with Crippen LogP contribution >= 0.6 is 0 Å². The molecule has 3 unspecified atom stereocenters. The van der Waals surface area contributed by atoms with Gasteiger partial charge in [-0.05, 0) is 19.8 Å². The third kappa shape index (κ3) is 2.41. The fourth-order valence-corrected chi connectivity index (χ4v) is 2.24. The largest absolute Gasteiger partial charge is 0.391 e. The van der Waals surface area contributed by atoms with E-state index in [-0.39, 0.29) is 18.2 Å². The Hall–Kier alpha value is -0.940. The highest BCUT2D eigenvalue weighted by atomic mass is 16.3. The van der Waals surface area contributed by atoms with Crippen molar-refractivity contribution >= 4 is 0 Å². The number of hydrogen-bond donors (Lipinski definition) is 2. The topological polar surface area (TPSA) is 77.0 Å². The van der Waals surface area contributed by atoms with E-state index in [2.05, 4.69) is 10.3 Å². The van der Waals surface area contributed by atoms with E-state index < -0.39 is 0 Å². The van der Waals surface area contributed by atoms with Crippen LogP contribution in [-0.4, -0.2) is 26.2 Å². The molecule has 0 aliphatic heterocycles. The first-order valence-electron chi connectivity index (χ1n) is 6.04. The van der Waals surface area contributed by atoms with Gasteiger partial charge in [0.15, 0.2) is 0 Å². The van der Waals surface area contributed by atoms with Crippen molar-refractivity contribution in [1.82, 2.24) is 15.0 Å². The van der Waals surface area contributed by atoms with Crippen molar-refractivity contribution in [3.63, 3.8) is 0 Å². The van der Waals surface area contributed by atoms with Gasteiger partial charge in [-0.25, -0.2) is 4.68 Å². The van der Waals surface area contributed by atoms with Gasteiger partial charge in [-0.2, -0.15) is 0 Å². The van der Waals surface area contributed by atoms with Crippen molar-refractivity contribution in [2.45, 2.75) is 57.2 Å². The van der Waals surface area contributed by atoms with Crippen molar-refractivity contribution in [3.05, 3.63) is 11.9 Å². The van der Waals surface area contributed by atoms with Gasteiger partial charge in [0.25, 0.3) is 0 Å². The highest BCUT2D eigenvalue weighted by Crippen LogP contribution is 2.27. The molecule has 1 aliphatic rings. The highest BCUT2D eigenvalue weighted by molar-refractivity contribution is 4.99. The molecule has 1 aliphatic carbocycles. The zero-order valence-corrected chi connectivity index (χ0v) is 9.71. The van der Waals surface area contributed by atoms with Crippen LogP contribution in [0.15, 0.2) is 6.20 Å². The van der Waals surface area contributed by atoms with Crippen molar-refractivity contribution in [1.29, 1.82) is 0 Å². The summed E-state index contributed by atoms with van der Waals surface area (Å²) in [7, 11) is 0. The van der Waals surface area contributed by atoms with Crippen LogP contribution in [0.4, 0.5) is 0 Å². The molecule has 1 aromatic rings. The molecule has 0 spiro atoms. The Morgan fingerprint density at radius 2 is 2.19 bits per heavy atom. The summed E-state index contributed by atoms with van der Waals surface area (Å²) in [4.78, 5) is 0. The second-order valence-corrected chi connectivity index (χ2v) is 4.68. The first-order valence-corrected chi connectivity index (χ1v) is 6.04. The van der Waals surface area contributed by atoms with Crippen LogP contribution in [0.3, 0.4) is 0 Å². The maximum absolute atomic E-state index is 10.0. The second-order valence-electron chi connectivity index (χ2n) is 4.68. The Kier molecular flexibility index (Phi) is 3.56. The van der Waals surface area contributed by atoms with Gasteiger partial charge in [0.2, 0.25) is 0 Å². The first kappa shape index (κ1) is 11.5. The summed E-state index contributed by atoms with van der Waals surface area (Å²) in [6.07, 6.45) is 6.85. The van der Waals surface area contributed by atoms with Crippen molar-refractivity contribution in [3.8, 4) is 0 Å². The Balaban J connectivity index is 2.14. The molecule has 0 aromatic carbocycles. The van der Waals surface area contributed by atoms with Crippen molar-refractivity contribution < 1.29 is 5.11 Å². The number of rotatable bonds is 2. The molecule has 3 N–H and O–H groups in total. The van der Waals surface area contributed by atoms with E-state index in [9.17, 15) is 5.11 Å². The Bertz CT molecular complexity index is 336. The van der Waals surface area contributed by atoms with Crippen LogP contribution in [0, 0.1) is 0 Å². The average Bonchev–Trinajstić information content (AvgIpc) is 2.63. The quantitative estimate of drug-likeness (QED) is 0.739. The highest BCUT2D eigenvalue weighted by Gasteiger charge is 2.24. The molecule has 16 heavy (non-hydrogen) atoms. The normalized spacial score (nSPS) is 28.7. The Labute approximate surface area is 95.6 Å². The number of nitrogens with two attached hydrogens (primary N) is 1. The third-order valence-electron chi connectivity index (χ3n) is 3.28. The van der Waals surface area contributed by atoms with Gasteiger partial charge in [0, 0.05) is 6.04 Å². The molecule has 0 radical (unpaired) electrons. The molecule has 5 nitrogen and oxygen atoms in total. The van der Waals surface area contributed by atoms with Gasteiger partial charge < -0.3 is 10.8 Å². The summed E-state index contributed by atoms with van der Waals surface area (Å²) in [5.41, 5.74) is 6.53. The van der Waals surface area contributed by atoms with Crippen molar-refractivity contribution in [2.24, 2.45) is 5.73 Å². The molecular weight excluding hydrogens is 204 g/mol. The number of nitrogens with zero attached hydrogens (tertiary/aromatic N) is 3. The summed E-state index contributed by atoms with van der Waals surface area (Å²) in [6.45, 7) is 1.89. The smallest absolute Gasteiger partial charge is 0.0991 e. The summed E-state index contributed by atoms with van der Waals surface area (Å²) in [5.74, 6) is 0. The van der Waals surface area contributed by atoms with Crippen LogP contribution in [-0.2, 0) is 0 Å². The minimum Gasteiger partial charge on any atom is -0.391 e. The van der Waals surface area contributed by atoms with Gasteiger partial charge in [-0.15, -0.1) is 5.10 Å². The number of aliphatic hydroxyl groups is 1. The molecule has 90 valence electrons. The zero-order valence-electron chi connectivity index (χ0n) is 9.71. The van der Waals surface area contributed by atoms with Gasteiger partial charge in [-0.3, -0.25) is 0 Å². The lowest BCUT2D eigenvalue weighted by molar-refractivity contribution is 0.0980. The number of aromatic nitrogens is 3. The third-order valence-corrected chi connectivity index (χ3v) is 3.28. The van der Waals surface area contributed by atoms with Gasteiger partial charge in [0.1, 0.15) is 0 Å². The van der Waals surface area contributed by atoms with Crippen LogP contribution in [0.5, 0.6) is 0 Å². The molecule has 3 atom stereocenters. The van der Waals surface area contributed by atoms with Gasteiger partial charge in [0.05, 0.1) is 24.0 Å². The van der Waals surface area contributed by atoms with E-state index in [0.717, 1.165) is 31.4 Å². The minimum atomic E-state index is -0.301. The van der Waals surface area contributed by atoms with Crippen LogP contribution in [0.2, 0.25) is 0 Å². The fourth-order valence-electron chi connectivity index (χ4n) is 2.24. The standard InChI is InChI=1S/C11H20N4O/c1-8(12)9-7-15(14-13-9)10-5-3-2-4-6-11(10)16/h7-8,10-11,16H,2-6,12H2,1H3. The van der Waals surface area contributed by atoms with E-state index in [4.69, 9.17) is 5.73 Å². The molecule has 1 heterocycles. The predicted octanol–water partition coefficient (Wildman–Crippen LogP) is 1.16. The summed E-state index contributed by atoms with van der Waals surface area (Å²) in [5, 5.41) is 18.1. The molecule has 1 aromatic heterocycles. The van der Waals surface area contributed by atoms with E-state index in [1.807, 2.05) is 13.1 Å². The number of hydrogen-bond acceptors (Lipinski definition) is 4. The summed E-state index contributed by atoms with van der Waals surface area (Å²) in [6, 6.07) is -0.0285. The van der Waals surface area contributed by atoms with Crippen molar-refractivity contribution in [2.75, 3.05) is 0 Å². The summed E-state index contributed by atoms with van der Waals surface area (Å²) >= 11 is 0. The molecular formula is C11H20N4O. The van der Waals surface area contributed by atoms with Crippen LogP contribution in [0.1, 0.15) is 56.8 Å². The monoisotopic (exact) mass is 224 g/mol. The SMILES string of the molecule is CC(N)c1cn(C2CCCCCC2O)nn1. The van der Waals surface area contributed by atoms with Crippen LogP contribution < -0.4 is 5.73 Å². The molecule has 1 fully saturated rings. The molecule has 5 heteroatoms. The van der Waals surface area contributed by atoms with E-state index in [1.165, 1.54) is 6.42 Å². The predicted molar refractivity (Wildman–Crippen MR) is 60.8 cm³/mol. The lowest BCUT2D eigenvalue weighted by Gasteiger charge is -2.19. The number of aliphatic hydroxyl groups excluding tert-OH is 1. The second kappa shape index (κ2) is 4.93. The summed E-state index contributed by atoms with van der Waals surface area (Å²) < 4.78 is 1.79. The molecule has 2 rings (SSSR count). The van der Waals surface area contributed by atoms with E-state index >= 15 is 0 Å². The lowest BCUT2D eigenvalue weighted by atomic mass is 10.1. The molecule has 0 amide bonds. The van der Waals surface area contributed by atoms with E-state index in [0.29, 0.717) is 0 Å². The van der Waals surface area contributed by atoms with Gasteiger partial charge >= 0.3 is 0 Å². The minimum absolute atomic E-state index is 0.0718. The molecule has 0 bridgehead atoms. The van der Waals surface area contributed by atoms with Crippen LogP contribution in [0.25, 0.3) is 0 Å². The van der Waals surface area contributed by atoms with E-state index in [1.54, 1.807) is 4.68 Å². The first-order chi connectivity index (χ1) is 7.68. The fraction of sp³-hybridized carbons (Fsp3) is 0.818. The average molecular weight is 224 g/mol. The maximum Gasteiger partial charge on any atom is 0.0991 e. The molecule has 1 saturated carbocycles.